The van der Waals surface area contributed by atoms with E-state index in [9.17, 15) is 23.3 Å². The van der Waals surface area contributed by atoms with Crippen molar-refractivity contribution in [1.29, 1.82) is 0 Å². The first-order valence-corrected chi connectivity index (χ1v) is 13.5. The number of hydrogen-bond donors (Lipinski definition) is 2. The maximum Gasteiger partial charge on any atom is 0.269 e. The van der Waals surface area contributed by atoms with E-state index >= 15 is 0 Å². The van der Waals surface area contributed by atoms with Crippen LogP contribution in [0.4, 0.5) is 11.4 Å². The third-order valence-electron chi connectivity index (χ3n) is 5.64. The molecule has 0 radical (unpaired) electrons. The van der Waals surface area contributed by atoms with Gasteiger partial charge in [-0.2, -0.15) is 4.31 Å². The minimum Gasteiger partial charge on any atom is -0.382 e. The van der Waals surface area contributed by atoms with Crippen LogP contribution in [-0.2, 0) is 16.6 Å². The molecule has 1 amide bonds. The minimum absolute atomic E-state index is 0.0982. The number of thiophene rings is 1. The van der Waals surface area contributed by atoms with E-state index in [4.69, 9.17) is 11.6 Å². The topological polar surface area (TPSA) is 122 Å². The van der Waals surface area contributed by atoms with E-state index in [0.29, 0.717) is 35.8 Å². The lowest BCUT2D eigenvalue weighted by Gasteiger charge is -2.31. The summed E-state index contributed by atoms with van der Waals surface area (Å²) in [5.41, 5.74) is 1.10. The molecular weight excluding hydrogens is 512 g/mol. The highest BCUT2D eigenvalue weighted by Gasteiger charge is 2.30. The van der Waals surface area contributed by atoms with Crippen LogP contribution in [0.5, 0.6) is 0 Å². The summed E-state index contributed by atoms with van der Waals surface area (Å²) in [7, 11) is -3.62. The second kappa shape index (κ2) is 10.7. The Morgan fingerprint density at radius 1 is 1.11 bits per heavy atom. The van der Waals surface area contributed by atoms with Crippen LogP contribution in [0.3, 0.4) is 0 Å². The smallest absolute Gasteiger partial charge is 0.269 e. The second-order valence-electron chi connectivity index (χ2n) is 8.04. The Morgan fingerprint density at radius 2 is 1.83 bits per heavy atom. The monoisotopic (exact) mass is 534 g/mol. The van der Waals surface area contributed by atoms with Crippen LogP contribution in [0.1, 0.15) is 28.1 Å². The third-order valence-corrected chi connectivity index (χ3v) is 9.33. The summed E-state index contributed by atoms with van der Waals surface area (Å²) in [6.45, 7) is 0.969. The van der Waals surface area contributed by atoms with Crippen LogP contribution in [-0.4, -0.2) is 42.7 Å². The lowest BCUT2D eigenvalue weighted by Crippen LogP contribution is -2.42. The number of sulfonamides is 1. The van der Waals surface area contributed by atoms with Crippen LogP contribution in [0.15, 0.2) is 64.9 Å². The van der Waals surface area contributed by atoms with E-state index < -0.39 is 20.9 Å². The molecule has 0 spiro atoms. The number of rotatable bonds is 8. The maximum atomic E-state index is 13.1. The van der Waals surface area contributed by atoms with Crippen LogP contribution >= 0.6 is 22.9 Å². The first-order chi connectivity index (χ1) is 16.7. The number of hydrogen-bond acceptors (Lipinski definition) is 7. The van der Waals surface area contributed by atoms with Gasteiger partial charge in [0.25, 0.3) is 21.6 Å². The van der Waals surface area contributed by atoms with E-state index in [1.54, 1.807) is 18.2 Å². The SMILES string of the molecule is O=C(NCc1ccc(S(=O)(=O)N2CCC(Nc3cccc(Cl)c3)CC2)s1)c1ccc([N+](=O)[O-])cc1. The van der Waals surface area contributed by atoms with Gasteiger partial charge in [0.05, 0.1) is 11.5 Å². The summed E-state index contributed by atoms with van der Waals surface area (Å²) < 4.78 is 28.0. The molecular formula is C23H23ClN4O5S2. The fourth-order valence-corrected chi connectivity index (χ4v) is 6.89. The standard InChI is InChI=1S/C23H23ClN4O5S2/c24-17-2-1-3-19(14-17)26-18-10-12-27(13-11-18)35(32,33)22-9-8-21(34-22)15-25-23(29)16-4-6-20(7-5-16)28(30)31/h1-9,14,18,26H,10-13,15H2,(H,25,29). The summed E-state index contributed by atoms with van der Waals surface area (Å²) in [5, 5.41) is 17.5. The number of nitrogens with zero attached hydrogens (tertiary/aromatic N) is 2. The lowest BCUT2D eigenvalue weighted by atomic mass is 10.1. The van der Waals surface area contributed by atoms with Crippen molar-refractivity contribution in [2.75, 3.05) is 18.4 Å². The van der Waals surface area contributed by atoms with Gasteiger partial charge in [-0.15, -0.1) is 11.3 Å². The Balaban J connectivity index is 1.31. The number of non-ortho nitro benzene ring substituents is 1. The Kier molecular flexibility index (Phi) is 7.70. The third kappa shape index (κ3) is 6.17. The molecule has 2 heterocycles. The molecule has 2 N–H and O–H groups in total. The van der Waals surface area contributed by atoms with Crippen molar-refractivity contribution in [1.82, 2.24) is 9.62 Å². The van der Waals surface area contributed by atoms with Crippen LogP contribution in [0, 0.1) is 10.1 Å². The molecule has 1 aliphatic heterocycles. The molecule has 2 aromatic carbocycles. The molecule has 1 saturated heterocycles. The molecule has 0 saturated carbocycles. The quantitative estimate of drug-likeness (QED) is 0.324. The van der Waals surface area contributed by atoms with Crippen molar-refractivity contribution < 1.29 is 18.1 Å². The predicted molar refractivity (Wildman–Crippen MR) is 135 cm³/mol. The first kappa shape index (κ1) is 25.1. The minimum atomic E-state index is -3.62. The van der Waals surface area contributed by atoms with Gasteiger partial charge in [-0.1, -0.05) is 17.7 Å². The van der Waals surface area contributed by atoms with Gasteiger partial charge in [-0.3, -0.25) is 14.9 Å². The predicted octanol–water partition coefficient (Wildman–Crippen LogP) is 4.50. The summed E-state index contributed by atoms with van der Waals surface area (Å²) >= 11 is 7.15. The highest BCUT2D eigenvalue weighted by molar-refractivity contribution is 7.91. The fourth-order valence-electron chi connectivity index (χ4n) is 3.78. The van der Waals surface area contributed by atoms with Crippen molar-refractivity contribution in [3.05, 3.63) is 86.2 Å². The zero-order chi connectivity index (χ0) is 25.0. The molecule has 1 fully saturated rings. The molecule has 1 aliphatic rings. The molecule has 0 aliphatic carbocycles. The molecule has 4 rings (SSSR count). The number of halogens is 1. The van der Waals surface area contributed by atoms with Gasteiger partial charge in [0, 0.05) is 52.4 Å². The number of amides is 1. The zero-order valence-electron chi connectivity index (χ0n) is 18.5. The maximum absolute atomic E-state index is 13.1. The summed E-state index contributed by atoms with van der Waals surface area (Å²) in [6, 6.07) is 16.1. The number of carbonyl (C=O) groups excluding carboxylic acids is 1. The summed E-state index contributed by atoms with van der Waals surface area (Å²) in [6.07, 6.45) is 1.35. The number of anilines is 1. The largest absolute Gasteiger partial charge is 0.382 e. The number of carbonyl (C=O) groups is 1. The van der Waals surface area contributed by atoms with Crippen LogP contribution < -0.4 is 10.6 Å². The van der Waals surface area contributed by atoms with Crippen LogP contribution in [0.25, 0.3) is 0 Å². The summed E-state index contributed by atoms with van der Waals surface area (Å²) in [5.74, 6) is -0.396. The number of piperidine rings is 1. The van der Waals surface area contributed by atoms with E-state index in [-0.39, 0.29) is 28.0 Å². The van der Waals surface area contributed by atoms with Gasteiger partial charge in [0.15, 0.2) is 0 Å². The van der Waals surface area contributed by atoms with Crippen molar-refractivity contribution in [2.24, 2.45) is 0 Å². The van der Waals surface area contributed by atoms with Gasteiger partial charge in [0.2, 0.25) is 0 Å². The average molecular weight is 535 g/mol. The average Bonchev–Trinajstić information content (AvgIpc) is 3.33. The number of nitrogens with one attached hydrogen (secondary N) is 2. The molecule has 184 valence electrons. The fraction of sp³-hybridized carbons (Fsp3) is 0.261. The molecule has 3 aromatic rings. The Hall–Kier alpha value is -2.99. The van der Waals surface area contributed by atoms with E-state index in [1.807, 2.05) is 18.2 Å². The molecule has 9 nitrogen and oxygen atoms in total. The zero-order valence-corrected chi connectivity index (χ0v) is 20.9. The highest BCUT2D eigenvalue weighted by atomic mass is 35.5. The lowest BCUT2D eigenvalue weighted by molar-refractivity contribution is -0.384. The Bertz CT molecular complexity index is 1320. The van der Waals surface area contributed by atoms with Crippen LogP contribution in [0.2, 0.25) is 5.02 Å². The molecule has 35 heavy (non-hydrogen) atoms. The molecule has 0 unspecified atom stereocenters. The summed E-state index contributed by atoms with van der Waals surface area (Å²) in [4.78, 5) is 23.2. The first-order valence-electron chi connectivity index (χ1n) is 10.9. The van der Waals surface area contributed by atoms with Crippen molar-refractivity contribution >= 4 is 50.2 Å². The molecule has 0 atom stereocenters. The molecule has 0 bridgehead atoms. The van der Waals surface area contributed by atoms with Crippen molar-refractivity contribution in [3.63, 3.8) is 0 Å². The van der Waals surface area contributed by atoms with Gasteiger partial charge < -0.3 is 10.6 Å². The number of benzene rings is 2. The number of nitro groups is 1. The molecule has 1 aromatic heterocycles. The van der Waals surface area contributed by atoms with Crippen molar-refractivity contribution in [2.45, 2.75) is 29.6 Å². The van der Waals surface area contributed by atoms with E-state index in [2.05, 4.69) is 10.6 Å². The second-order valence-corrected chi connectivity index (χ2v) is 11.8. The van der Waals surface area contributed by atoms with Gasteiger partial charge in [-0.05, 0) is 55.3 Å². The Morgan fingerprint density at radius 3 is 2.49 bits per heavy atom. The van der Waals surface area contributed by atoms with Gasteiger partial charge in [0.1, 0.15) is 4.21 Å². The normalized spacial score (nSPS) is 15.0. The number of nitro benzene ring substituents is 1. The Labute approximate surface area is 211 Å². The van der Waals surface area contributed by atoms with E-state index in [0.717, 1.165) is 17.0 Å². The van der Waals surface area contributed by atoms with Gasteiger partial charge in [-0.25, -0.2) is 8.42 Å². The van der Waals surface area contributed by atoms with Gasteiger partial charge >= 0.3 is 0 Å². The van der Waals surface area contributed by atoms with Crippen molar-refractivity contribution in [3.8, 4) is 0 Å². The molecule has 12 heteroatoms. The highest BCUT2D eigenvalue weighted by Crippen LogP contribution is 2.28. The van der Waals surface area contributed by atoms with E-state index in [1.165, 1.54) is 28.6 Å².